The monoisotopic (exact) mass is 275 g/mol. The van der Waals surface area contributed by atoms with Crippen molar-refractivity contribution in [2.75, 3.05) is 39.3 Å². The van der Waals surface area contributed by atoms with Crippen LogP contribution in [0.2, 0.25) is 0 Å². The smallest absolute Gasteiger partial charge is 0.407 e. The fourth-order valence-electron chi connectivity index (χ4n) is 2.97. The summed E-state index contributed by atoms with van der Waals surface area (Å²) >= 11 is 0. The number of piperazine rings is 1. The summed E-state index contributed by atoms with van der Waals surface area (Å²) in [7, 11) is 0. The van der Waals surface area contributed by atoms with Crippen molar-refractivity contribution in [3.8, 4) is 0 Å². The van der Waals surface area contributed by atoms with E-state index >= 15 is 0 Å². The molecule has 20 heavy (non-hydrogen) atoms. The molecule has 1 aromatic rings. The van der Waals surface area contributed by atoms with Gasteiger partial charge in [0.2, 0.25) is 0 Å². The molecule has 2 aliphatic rings. The highest BCUT2D eigenvalue weighted by Crippen LogP contribution is 2.17. The van der Waals surface area contributed by atoms with E-state index in [1.807, 2.05) is 6.07 Å². The van der Waals surface area contributed by atoms with Crippen molar-refractivity contribution in [1.82, 2.24) is 14.7 Å². The molecular formula is C15H21N3O2. The van der Waals surface area contributed by atoms with E-state index in [0.29, 0.717) is 19.1 Å². The van der Waals surface area contributed by atoms with Crippen LogP contribution >= 0.6 is 0 Å². The molecule has 1 amide bonds. The van der Waals surface area contributed by atoms with Gasteiger partial charge in [0, 0.05) is 51.9 Å². The summed E-state index contributed by atoms with van der Waals surface area (Å²) < 4.78 is 0. The van der Waals surface area contributed by atoms with Crippen molar-refractivity contribution in [3.63, 3.8) is 0 Å². The zero-order valence-corrected chi connectivity index (χ0v) is 11.6. The minimum Gasteiger partial charge on any atom is -0.465 e. The van der Waals surface area contributed by atoms with Crippen molar-refractivity contribution < 1.29 is 9.90 Å². The van der Waals surface area contributed by atoms with E-state index in [4.69, 9.17) is 5.11 Å². The summed E-state index contributed by atoms with van der Waals surface area (Å²) in [4.78, 5) is 17.2. The van der Waals surface area contributed by atoms with Gasteiger partial charge in [-0.2, -0.15) is 0 Å². The van der Waals surface area contributed by atoms with Gasteiger partial charge in [0.25, 0.3) is 0 Å². The largest absolute Gasteiger partial charge is 0.465 e. The number of carboxylic acid groups (broad SMARTS) is 1. The molecule has 5 heteroatoms. The van der Waals surface area contributed by atoms with Crippen LogP contribution in [0.3, 0.4) is 0 Å². The van der Waals surface area contributed by atoms with E-state index in [-0.39, 0.29) is 0 Å². The lowest BCUT2D eigenvalue weighted by molar-refractivity contribution is 0.00954. The van der Waals surface area contributed by atoms with Crippen molar-refractivity contribution in [3.05, 3.63) is 35.9 Å². The van der Waals surface area contributed by atoms with Crippen LogP contribution in [-0.2, 0) is 6.54 Å². The molecule has 1 N–H and O–H groups in total. The van der Waals surface area contributed by atoms with Gasteiger partial charge in [-0.25, -0.2) is 4.79 Å². The lowest BCUT2D eigenvalue weighted by atomic mass is 10.1. The maximum absolute atomic E-state index is 10.8. The van der Waals surface area contributed by atoms with Gasteiger partial charge in [-0.1, -0.05) is 30.3 Å². The van der Waals surface area contributed by atoms with Gasteiger partial charge in [-0.3, -0.25) is 9.80 Å². The summed E-state index contributed by atoms with van der Waals surface area (Å²) in [6.45, 7) is 6.59. The summed E-state index contributed by atoms with van der Waals surface area (Å²) in [6, 6.07) is 11.0. The van der Waals surface area contributed by atoms with Crippen LogP contribution in [0.15, 0.2) is 30.3 Å². The molecule has 2 aliphatic heterocycles. The molecule has 2 saturated heterocycles. The highest BCUT2D eigenvalue weighted by molar-refractivity contribution is 5.66. The summed E-state index contributed by atoms with van der Waals surface area (Å²) in [5, 5.41) is 8.85. The highest BCUT2D eigenvalue weighted by atomic mass is 16.4. The molecule has 3 rings (SSSR count). The van der Waals surface area contributed by atoms with Gasteiger partial charge < -0.3 is 10.0 Å². The molecular weight excluding hydrogens is 254 g/mol. The van der Waals surface area contributed by atoms with Crippen LogP contribution in [0.25, 0.3) is 0 Å². The zero-order valence-electron chi connectivity index (χ0n) is 11.6. The van der Waals surface area contributed by atoms with Gasteiger partial charge in [0.15, 0.2) is 0 Å². The number of carbonyl (C=O) groups is 1. The van der Waals surface area contributed by atoms with Crippen molar-refractivity contribution in [2.24, 2.45) is 0 Å². The van der Waals surface area contributed by atoms with E-state index in [9.17, 15) is 4.79 Å². The summed E-state index contributed by atoms with van der Waals surface area (Å²) in [5.74, 6) is 0. The standard InChI is InChI=1S/C15H21N3O2/c19-15(20)18-11-14(12-18)17-8-6-16(7-9-17)10-13-4-2-1-3-5-13/h1-5,14H,6-12H2,(H,19,20). The van der Waals surface area contributed by atoms with Crippen LogP contribution in [0.5, 0.6) is 0 Å². The van der Waals surface area contributed by atoms with E-state index in [1.54, 1.807) is 0 Å². The molecule has 0 bridgehead atoms. The third-order valence-corrected chi connectivity index (χ3v) is 4.31. The number of rotatable bonds is 3. The Morgan fingerprint density at radius 3 is 2.35 bits per heavy atom. The molecule has 108 valence electrons. The Morgan fingerprint density at radius 2 is 1.75 bits per heavy atom. The molecule has 0 spiro atoms. The molecule has 5 nitrogen and oxygen atoms in total. The molecule has 2 heterocycles. The molecule has 1 aromatic carbocycles. The van der Waals surface area contributed by atoms with Crippen molar-refractivity contribution in [2.45, 2.75) is 12.6 Å². The third kappa shape index (κ3) is 2.94. The Labute approximate surface area is 119 Å². The first-order valence-electron chi connectivity index (χ1n) is 7.20. The molecule has 0 atom stereocenters. The fourth-order valence-corrected chi connectivity index (χ4v) is 2.97. The van der Waals surface area contributed by atoms with Gasteiger partial charge in [0.05, 0.1) is 0 Å². The average Bonchev–Trinajstić information content (AvgIpc) is 2.40. The number of nitrogens with zero attached hydrogens (tertiary/aromatic N) is 3. The minimum atomic E-state index is -0.788. The van der Waals surface area contributed by atoms with E-state index in [2.05, 4.69) is 34.1 Å². The third-order valence-electron chi connectivity index (χ3n) is 4.31. The number of amides is 1. The predicted octanol–water partition coefficient (Wildman–Crippen LogP) is 1.17. The molecule has 0 unspecified atom stereocenters. The molecule has 0 saturated carbocycles. The first-order chi connectivity index (χ1) is 9.72. The molecule has 0 aliphatic carbocycles. The SMILES string of the molecule is O=C(O)N1CC(N2CCN(Cc3ccccc3)CC2)C1. The topological polar surface area (TPSA) is 47.0 Å². The molecule has 2 fully saturated rings. The van der Waals surface area contributed by atoms with Crippen molar-refractivity contribution in [1.29, 1.82) is 0 Å². The Balaban J connectivity index is 1.43. The second-order valence-corrected chi connectivity index (χ2v) is 5.64. The fraction of sp³-hybridized carbons (Fsp3) is 0.533. The first kappa shape index (κ1) is 13.4. The minimum absolute atomic E-state index is 0.435. The van der Waals surface area contributed by atoms with Crippen LogP contribution < -0.4 is 0 Å². The first-order valence-corrected chi connectivity index (χ1v) is 7.20. The van der Waals surface area contributed by atoms with E-state index in [1.165, 1.54) is 10.5 Å². The maximum Gasteiger partial charge on any atom is 0.407 e. The second kappa shape index (κ2) is 5.81. The Hall–Kier alpha value is -1.59. The van der Waals surface area contributed by atoms with Gasteiger partial charge in [0.1, 0.15) is 0 Å². The lowest BCUT2D eigenvalue weighted by Gasteiger charge is -2.47. The number of likely N-dealkylation sites (tertiary alicyclic amines) is 1. The lowest BCUT2D eigenvalue weighted by Crippen LogP contribution is -2.63. The van der Waals surface area contributed by atoms with E-state index < -0.39 is 6.09 Å². The molecule has 0 aromatic heterocycles. The van der Waals surface area contributed by atoms with Crippen molar-refractivity contribution >= 4 is 6.09 Å². The van der Waals surface area contributed by atoms with Crippen LogP contribution in [0.4, 0.5) is 4.79 Å². The zero-order chi connectivity index (χ0) is 13.9. The van der Waals surface area contributed by atoms with Gasteiger partial charge in [-0.05, 0) is 5.56 Å². The Kier molecular flexibility index (Phi) is 3.89. The number of benzene rings is 1. The Bertz CT molecular complexity index is 451. The average molecular weight is 275 g/mol. The maximum atomic E-state index is 10.8. The predicted molar refractivity (Wildman–Crippen MR) is 76.7 cm³/mol. The second-order valence-electron chi connectivity index (χ2n) is 5.64. The van der Waals surface area contributed by atoms with E-state index in [0.717, 1.165) is 32.7 Å². The van der Waals surface area contributed by atoms with Gasteiger partial charge in [-0.15, -0.1) is 0 Å². The Morgan fingerprint density at radius 1 is 1.10 bits per heavy atom. The van der Waals surface area contributed by atoms with Crippen LogP contribution in [-0.4, -0.2) is 71.2 Å². The van der Waals surface area contributed by atoms with Crippen LogP contribution in [0, 0.1) is 0 Å². The van der Waals surface area contributed by atoms with Crippen LogP contribution in [0.1, 0.15) is 5.56 Å². The number of hydrogen-bond donors (Lipinski definition) is 1. The normalized spacial score (nSPS) is 21.7. The highest BCUT2D eigenvalue weighted by Gasteiger charge is 2.35. The number of hydrogen-bond acceptors (Lipinski definition) is 3. The summed E-state index contributed by atoms with van der Waals surface area (Å²) in [6.07, 6.45) is -0.788. The molecule has 0 radical (unpaired) electrons. The van der Waals surface area contributed by atoms with Gasteiger partial charge >= 0.3 is 6.09 Å². The quantitative estimate of drug-likeness (QED) is 0.899. The summed E-state index contributed by atoms with van der Waals surface area (Å²) in [5.41, 5.74) is 1.36.